The van der Waals surface area contributed by atoms with Gasteiger partial charge in [-0.2, -0.15) is 0 Å². The molecule has 0 fully saturated rings. The van der Waals surface area contributed by atoms with E-state index in [1.807, 2.05) is 6.07 Å². The predicted octanol–water partition coefficient (Wildman–Crippen LogP) is 3.00. The number of aliphatic hydroxyl groups is 1. The monoisotopic (exact) mass is 271 g/mol. The molecule has 0 saturated heterocycles. The summed E-state index contributed by atoms with van der Waals surface area (Å²) in [6.07, 6.45) is -0.566. The molecule has 0 aliphatic heterocycles. The van der Waals surface area contributed by atoms with Gasteiger partial charge in [-0.3, -0.25) is 4.79 Å². The predicted molar refractivity (Wildman–Crippen MR) is 78.0 cm³/mol. The Hall–Kier alpha value is -2.33. The lowest BCUT2D eigenvalue weighted by atomic mass is 10.1. The fourth-order valence-electron chi connectivity index (χ4n) is 1.84. The minimum atomic E-state index is -0.566. The van der Waals surface area contributed by atoms with Crippen molar-refractivity contribution in [3.05, 3.63) is 59.7 Å². The zero-order chi connectivity index (χ0) is 14.5. The highest BCUT2D eigenvalue weighted by Crippen LogP contribution is 2.18. The fourth-order valence-corrected chi connectivity index (χ4v) is 1.84. The fraction of sp³-hybridized carbons (Fsp3) is 0.188. The van der Waals surface area contributed by atoms with Crippen LogP contribution < -0.4 is 10.1 Å². The molecule has 0 aliphatic rings. The lowest BCUT2D eigenvalue weighted by Gasteiger charge is -2.09. The van der Waals surface area contributed by atoms with Crippen LogP contribution in [-0.2, 0) is 0 Å². The van der Waals surface area contributed by atoms with Crippen molar-refractivity contribution in [3.63, 3.8) is 0 Å². The van der Waals surface area contributed by atoms with Crippen molar-refractivity contribution in [3.8, 4) is 5.75 Å². The number of ether oxygens (including phenoxy) is 1. The van der Waals surface area contributed by atoms with Crippen molar-refractivity contribution in [2.24, 2.45) is 0 Å². The van der Waals surface area contributed by atoms with E-state index in [0.29, 0.717) is 17.0 Å². The number of benzene rings is 2. The highest BCUT2D eigenvalue weighted by atomic mass is 16.5. The van der Waals surface area contributed by atoms with E-state index in [1.54, 1.807) is 56.5 Å². The Labute approximate surface area is 118 Å². The number of carbonyl (C=O) groups is 1. The summed E-state index contributed by atoms with van der Waals surface area (Å²) in [6.45, 7) is 1.68. The van der Waals surface area contributed by atoms with Gasteiger partial charge >= 0.3 is 0 Å². The van der Waals surface area contributed by atoms with Crippen LogP contribution in [0.2, 0.25) is 0 Å². The zero-order valence-electron chi connectivity index (χ0n) is 11.5. The molecule has 4 nitrogen and oxygen atoms in total. The number of aliphatic hydroxyl groups excluding tert-OH is 1. The molecule has 0 aromatic heterocycles. The summed E-state index contributed by atoms with van der Waals surface area (Å²) in [6, 6.07) is 14.1. The summed E-state index contributed by atoms with van der Waals surface area (Å²) in [5, 5.41) is 12.3. The third-order valence-electron chi connectivity index (χ3n) is 2.96. The van der Waals surface area contributed by atoms with Gasteiger partial charge in [0.15, 0.2) is 0 Å². The zero-order valence-corrected chi connectivity index (χ0v) is 11.5. The Morgan fingerprint density at radius 1 is 1.20 bits per heavy atom. The van der Waals surface area contributed by atoms with Gasteiger partial charge in [0.1, 0.15) is 5.75 Å². The SMILES string of the molecule is COc1cccc(C(=O)Nc2cccc(C(C)O)c2)c1. The van der Waals surface area contributed by atoms with E-state index in [-0.39, 0.29) is 5.91 Å². The maximum atomic E-state index is 12.1. The van der Waals surface area contributed by atoms with Crippen molar-refractivity contribution in [1.82, 2.24) is 0 Å². The Morgan fingerprint density at radius 2 is 1.95 bits per heavy atom. The second kappa shape index (κ2) is 6.21. The van der Waals surface area contributed by atoms with Crippen LogP contribution in [0.1, 0.15) is 28.9 Å². The molecule has 1 unspecified atom stereocenters. The van der Waals surface area contributed by atoms with Crippen LogP contribution in [0.15, 0.2) is 48.5 Å². The molecule has 2 N–H and O–H groups in total. The van der Waals surface area contributed by atoms with Gasteiger partial charge in [-0.05, 0) is 42.8 Å². The van der Waals surface area contributed by atoms with Crippen LogP contribution in [0.3, 0.4) is 0 Å². The molecular weight excluding hydrogens is 254 g/mol. The van der Waals surface area contributed by atoms with Crippen LogP contribution in [-0.4, -0.2) is 18.1 Å². The molecule has 2 rings (SSSR count). The largest absolute Gasteiger partial charge is 0.497 e. The third-order valence-corrected chi connectivity index (χ3v) is 2.96. The highest BCUT2D eigenvalue weighted by Gasteiger charge is 2.08. The van der Waals surface area contributed by atoms with E-state index in [9.17, 15) is 9.90 Å². The van der Waals surface area contributed by atoms with Crippen molar-refractivity contribution in [1.29, 1.82) is 0 Å². The number of carbonyl (C=O) groups excluding carboxylic acids is 1. The summed E-state index contributed by atoms with van der Waals surface area (Å²) in [5.74, 6) is 0.419. The Bertz CT molecular complexity index is 608. The van der Waals surface area contributed by atoms with Gasteiger partial charge in [-0.1, -0.05) is 18.2 Å². The average Bonchev–Trinajstić information content (AvgIpc) is 2.47. The third kappa shape index (κ3) is 3.36. The number of hydrogen-bond acceptors (Lipinski definition) is 3. The van der Waals surface area contributed by atoms with Crippen LogP contribution in [0.4, 0.5) is 5.69 Å². The number of rotatable bonds is 4. The normalized spacial score (nSPS) is 11.8. The first-order valence-corrected chi connectivity index (χ1v) is 6.33. The molecule has 0 bridgehead atoms. The molecule has 0 radical (unpaired) electrons. The summed E-state index contributed by atoms with van der Waals surface area (Å²) in [4.78, 5) is 12.1. The minimum Gasteiger partial charge on any atom is -0.497 e. The van der Waals surface area contributed by atoms with E-state index in [2.05, 4.69) is 5.32 Å². The van der Waals surface area contributed by atoms with Crippen LogP contribution >= 0.6 is 0 Å². The van der Waals surface area contributed by atoms with Crippen molar-refractivity contribution in [2.75, 3.05) is 12.4 Å². The van der Waals surface area contributed by atoms with Gasteiger partial charge in [0, 0.05) is 11.3 Å². The Balaban J connectivity index is 2.16. The average molecular weight is 271 g/mol. The van der Waals surface area contributed by atoms with E-state index in [1.165, 1.54) is 0 Å². The second-order valence-electron chi connectivity index (χ2n) is 4.49. The lowest BCUT2D eigenvalue weighted by molar-refractivity contribution is 0.102. The Morgan fingerprint density at radius 3 is 2.65 bits per heavy atom. The van der Waals surface area contributed by atoms with Crippen LogP contribution in [0.25, 0.3) is 0 Å². The molecule has 0 saturated carbocycles. The molecule has 1 atom stereocenters. The smallest absolute Gasteiger partial charge is 0.255 e. The first kappa shape index (κ1) is 14.1. The quantitative estimate of drug-likeness (QED) is 0.898. The highest BCUT2D eigenvalue weighted by molar-refractivity contribution is 6.04. The van der Waals surface area contributed by atoms with Crippen molar-refractivity contribution in [2.45, 2.75) is 13.0 Å². The molecule has 1 amide bonds. The number of nitrogens with one attached hydrogen (secondary N) is 1. The molecule has 104 valence electrons. The second-order valence-corrected chi connectivity index (χ2v) is 4.49. The molecule has 0 aliphatic carbocycles. The van der Waals surface area contributed by atoms with E-state index >= 15 is 0 Å². The topological polar surface area (TPSA) is 58.6 Å². The van der Waals surface area contributed by atoms with Crippen LogP contribution in [0.5, 0.6) is 5.75 Å². The van der Waals surface area contributed by atoms with Gasteiger partial charge in [-0.25, -0.2) is 0 Å². The van der Waals surface area contributed by atoms with Gasteiger partial charge in [0.2, 0.25) is 0 Å². The number of methoxy groups -OCH3 is 1. The molecule has 4 heteroatoms. The summed E-state index contributed by atoms with van der Waals surface area (Å²) in [5.41, 5.74) is 1.93. The van der Waals surface area contributed by atoms with E-state index in [4.69, 9.17) is 4.74 Å². The van der Waals surface area contributed by atoms with E-state index < -0.39 is 6.10 Å². The first-order chi connectivity index (χ1) is 9.60. The van der Waals surface area contributed by atoms with Gasteiger partial charge < -0.3 is 15.2 Å². The Kier molecular flexibility index (Phi) is 4.38. The first-order valence-electron chi connectivity index (χ1n) is 6.33. The van der Waals surface area contributed by atoms with Gasteiger partial charge in [-0.15, -0.1) is 0 Å². The summed E-state index contributed by atoms with van der Waals surface area (Å²) >= 11 is 0. The molecule has 0 heterocycles. The minimum absolute atomic E-state index is 0.216. The van der Waals surface area contributed by atoms with E-state index in [0.717, 1.165) is 5.56 Å². The van der Waals surface area contributed by atoms with Crippen LogP contribution in [0, 0.1) is 0 Å². The van der Waals surface area contributed by atoms with Gasteiger partial charge in [0.25, 0.3) is 5.91 Å². The number of hydrogen-bond donors (Lipinski definition) is 2. The molecule has 20 heavy (non-hydrogen) atoms. The maximum Gasteiger partial charge on any atom is 0.255 e. The standard InChI is InChI=1S/C16H17NO3/c1-11(18)12-5-3-7-14(9-12)17-16(19)13-6-4-8-15(10-13)20-2/h3-11,18H,1-2H3,(H,17,19). The molecule has 0 spiro atoms. The van der Waals surface area contributed by atoms with Crippen molar-refractivity contribution < 1.29 is 14.6 Å². The molecular formula is C16H17NO3. The lowest BCUT2D eigenvalue weighted by Crippen LogP contribution is -2.12. The number of amides is 1. The summed E-state index contributed by atoms with van der Waals surface area (Å²) in [7, 11) is 1.56. The summed E-state index contributed by atoms with van der Waals surface area (Å²) < 4.78 is 5.09. The maximum absolute atomic E-state index is 12.1. The number of anilines is 1. The molecule has 2 aromatic rings. The van der Waals surface area contributed by atoms with Gasteiger partial charge in [0.05, 0.1) is 13.2 Å². The molecule has 2 aromatic carbocycles. The van der Waals surface area contributed by atoms with Crippen molar-refractivity contribution >= 4 is 11.6 Å².